The number of rotatable bonds is 8. The highest BCUT2D eigenvalue weighted by Crippen LogP contribution is 2.19. The number of methoxy groups -OCH3 is 2. The van der Waals surface area contributed by atoms with Gasteiger partial charge in [-0.3, -0.25) is 9.59 Å². The molecule has 3 aromatic rings. The molecule has 150 valence electrons. The van der Waals surface area contributed by atoms with Crippen LogP contribution < -0.4 is 20.3 Å². The highest BCUT2D eigenvalue weighted by molar-refractivity contribution is 5.75. The van der Waals surface area contributed by atoms with Crippen molar-refractivity contribution in [1.29, 1.82) is 0 Å². The van der Waals surface area contributed by atoms with E-state index < -0.39 is 0 Å². The van der Waals surface area contributed by atoms with Gasteiger partial charge in [0.05, 0.1) is 19.9 Å². The topological polar surface area (TPSA) is 82.5 Å². The Bertz CT molecular complexity index is 1030. The molecule has 1 aromatic heterocycles. The van der Waals surface area contributed by atoms with Crippen LogP contribution in [0.1, 0.15) is 5.56 Å². The maximum absolute atomic E-state index is 12.3. The quantitative estimate of drug-likeness (QED) is 0.635. The van der Waals surface area contributed by atoms with Crippen molar-refractivity contribution < 1.29 is 14.3 Å². The number of nitrogens with zero attached hydrogens (tertiary/aromatic N) is 2. The summed E-state index contributed by atoms with van der Waals surface area (Å²) in [5, 5.41) is 7.14. The minimum atomic E-state index is -0.329. The van der Waals surface area contributed by atoms with Gasteiger partial charge in [0, 0.05) is 18.2 Å². The highest BCUT2D eigenvalue weighted by Gasteiger charge is 2.08. The predicted octanol–water partition coefficient (Wildman–Crippen LogP) is 2.29. The van der Waals surface area contributed by atoms with Crippen LogP contribution in [0.25, 0.3) is 11.3 Å². The molecule has 0 saturated carbocycles. The van der Waals surface area contributed by atoms with Crippen molar-refractivity contribution in [3.05, 3.63) is 76.6 Å². The number of carbonyl (C=O) groups excluding carboxylic acids is 1. The summed E-state index contributed by atoms with van der Waals surface area (Å²) in [6.45, 7) is 0.319. The average Bonchev–Trinajstić information content (AvgIpc) is 2.75. The van der Waals surface area contributed by atoms with E-state index in [1.54, 1.807) is 20.3 Å². The number of ether oxygens (including phenoxy) is 2. The second-order valence-corrected chi connectivity index (χ2v) is 6.39. The maximum atomic E-state index is 12.3. The SMILES string of the molecule is COc1ccc(-c2ccc(=O)n(CC(=O)NCCc3cccc(OC)c3)n2)cc1. The van der Waals surface area contributed by atoms with Crippen LogP contribution in [0, 0.1) is 0 Å². The molecule has 0 aliphatic carbocycles. The van der Waals surface area contributed by atoms with Crippen LogP contribution in [0.5, 0.6) is 11.5 Å². The zero-order valence-electron chi connectivity index (χ0n) is 16.4. The molecule has 7 heteroatoms. The Morgan fingerprint density at radius 2 is 1.76 bits per heavy atom. The fourth-order valence-electron chi connectivity index (χ4n) is 2.84. The molecule has 0 spiro atoms. The Morgan fingerprint density at radius 1 is 1.00 bits per heavy atom. The van der Waals surface area contributed by atoms with E-state index in [2.05, 4.69) is 10.4 Å². The van der Waals surface area contributed by atoms with Gasteiger partial charge >= 0.3 is 0 Å². The molecule has 3 rings (SSSR count). The largest absolute Gasteiger partial charge is 0.497 e. The van der Waals surface area contributed by atoms with Crippen molar-refractivity contribution in [2.75, 3.05) is 20.8 Å². The molecule has 1 N–H and O–H groups in total. The van der Waals surface area contributed by atoms with Gasteiger partial charge in [-0.05, 0) is 54.4 Å². The lowest BCUT2D eigenvalue weighted by atomic mass is 10.1. The van der Waals surface area contributed by atoms with Crippen molar-refractivity contribution in [1.82, 2.24) is 15.1 Å². The molecule has 2 aromatic carbocycles. The fraction of sp³-hybridized carbons (Fsp3) is 0.227. The number of nitrogens with one attached hydrogen (secondary N) is 1. The molecule has 0 unspecified atom stereocenters. The summed E-state index contributed by atoms with van der Waals surface area (Å²) in [6.07, 6.45) is 0.664. The first-order chi connectivity index (χ1) is 14.1. The molecule has 29 heavy (non-hydrogen) atoms. The predicted molar refractivity (Wildman–Crippen MR) is 110 cm³/mol. The van der Waals surface area contributed by atoms with Crippen molar-refractivity contribution >= 4 is 5.91 Å². The lowest BCUT2D eigenvalue weighted by Crippen LogP contribution is -2.34. The molecule has 0 bridgehead atoms. The van der Waals surface area contributed by atoms with E-state index in [1.807, 2.05) is 48.5 Å². The van der Waals surface area contributed by atoms with Crippen LogP contribution >= 0.6 is 0 Å². The zero-order chi connectivity index (χ0) is 20.6. The molecule has 1 heterocycles. The second kappa shape index (κ2) is 9.54. The monoisotopic (exact) mass is 393 g/mol. The van der Waals surface area contributed by atoms with Crippen molar-refractivity contribution in [3.8, 4) is 22.8 Å². The number of benzene rings is 2. The normalized spacial score (nSPS) is 10.4. The van der Waals surface area contributed by atoms with E-state index in [-0.39, 0.29) is 18.0 Å². The van der Waals surface area contributed by atoms with Gasteiger partial charge in [0.25, 0.3) is 5.56 Å². The molecule has 0 radical (unpaired) electrons. The lowest BCUT2D eigenvalue weighted by molar-refractivity contribution is -0.121. The summed E-state index contributed by atoms with van der Waals surface area (Å²) in [5.41, 5.74) is 2.17. The molecule has 0 saturated heterocycles. The van der Waals surface area contributed by atoms with E-state index in [4.69, 9.17) is 9.47 Å². The van der Waals surface area contributed by atoms with Gasteiger partial charge in [-0.1, -0.05) is 12.1 Å². The summed E-state index contributed by atoms with van der Waals surface area (Å²) < 4.78 is 11.5. The zero-order valence-corrected chi connectivity index (χ0v) is 16.4. The third-order valence-electron chi connectivity index (χ3n) is 4.42. The first kappa shape index (κ1) is 20.1. The Balaban J connectivity index is 1.61. The van der Waals surface area contributed by atoms with E-state index in [0.717, 1.165) is 22.6 Å². The van der Waals surface area contributed by atoms with E-state index >= 15 is 0 Å². The highest BCUT2D eigenvalue weighted by atomic mass is 16.5. The smallest absolute Gasteiger partial charge is 0.267 e. The molecule has 0 atom stereocenters. The van der Waals surface area contributed by atoms with Gasteiger partial charge < -0.3 is 14.8 Å². The molecule has 0 aliphatic heterocycles. The summed E-state index contributed by atoms with van der Waals surface area (Å²) in [6, 6.07) is 18.1. The van der Waals surface area contributed by atoms with Gasteiger partial charge in [0.2, 0.25) is 5.91 Å². The number of aromatic nitrogens is 2. The van der Waals surface area contributed by atoms with E-state index in [1.165, 1.54) is 10.7 Å². The van der Waals surface area contributed by atoms with Crippen LogP contribution in [-0.4, -0.2) is 36.5 Å². The number of hydrogen-bond donors (Lipinski definition) is 1. The summed E-state index contributed by atoms with van der Waals surface area (Å²) in [4.78, 5) is 24.3. The number of amides is 1. The second-order valence-electron chi connectivity index (χ2n) is 6.39. The van der Waals surface area contributed by atoms with Crippen LogP contribution in [0.15, 0.2) is 65.5 Å². The van der Waals surface area contributed by atoms with Crippen molar-refractivity contribution in [2.45, 2.75) is 13.0 Å². The van der Waals surface area contributed by atoms with Crippen LogP contribution in [-0.2, 0) is 17.8 Å². The molecular formula is C22H23N3O4. The van der Waals surface area contributed by atoms with Crippen LogP contribution in [0.4, 0.5) is 0 Å². The molecule has 0 fully saturated rings. The lowest BCUT2D eigenvalue weighted by Gasteiger charge is -2.09. The van der Waals surface area contributed by atoms with Gasteiger partial charge in [-0.15, -0.1) is 0 Å². The van der Waals surface area contributed by atoms with Crippen LogP contribution in [0.3, 0.4) is 0 Å². The van der Waals surface area contributed by atoms with Gasteiger partial charge in [-0.2, -0.15) is 5.10 Å². The standard InChI is InChI=1S/C22H23N3O4/c1-28-18-8-6-17(7-9-18)20-10-11-22(27)25(24-20)15-21(26)23-13-12-16-4-3-5-19(14-16)29-2/h3-11,14H,12-13,15H2,1-2H3,(H,23,26). The third-order valence-corrected chi connectivity index (χ3v) is 4.42. The summed E-state index contributed by atoms with van der Waals surface area (Å²) in [5.74, 6) is 1.24. The van der Waals surface area contributed by atoms with Gasteiger partial charge in [-0.25, -0.2) is 4.68 Å². The van der Waals surface area contributed by atoms with Crippen molar-refractivity contribution in [2.24, 2.45) is 0 Å². The minimum Gasteiger partial charge on any atom is -0.497 e. The summed E-state index contributed by atoms with van der Waals surface area (Å²) >= 11 is 0. The molecule has 1 amide bonds. The molecule has 7 nitrogen and oxygen atoms in total. The molecule has 0 aliphatic rings. The minimum absolute atomic E-state index is 0.138. The first-order valence-corrected chi connectivity index (χ1v) is 9.21. The van der Waals surface area contributed by atoms with Crippen LogP contribution in [0.2, 0.25) is 0 Å². The number of carbonyl (C=O) groups is 1. The Morgan fingerprint density at radius 3 is 2.48 bits per heavy atom. The van der Waals surface area contributed by atoms with E-state index in [9.17, 15) is 9.59 Å². The molecular weight excluding hydrogens is 370 g/mol. The Labute approximate surface area is 168 Å². The van der Waals surface area contributed by atoms with Gasteiger partial charge in [0.15, 0.2) is 0 Å². The average molecular weight is 393 g/mol. The Kier molecular flexibility index (Phi) is 6.63. The number of hydrogen-bond acceptors (Lipinski definition) is 5. The van der Waals surface area contributed by atoms with Gasteiger partial charge in [0.1, 0.15) is 18.0 Å². The fourth-order valence-corrected chi connectivity index (χ4v) is 2.84. The Hall–Kier alpha value is -3.61. The maximum Gasteiger partial charge on any atom is 0.267 e. The van der Waals surface area contributed by atoms with E-state index in [0.29, 0.717) is 18.7 Å². The summed E-state index contributed by atoms with van der Waals surface area (Å²) in [7, 11) is 3.21. The third kappa shape index (κ3) is 5.44. The first-order valence-electron chi connectivity index (χ1n) is 9.21. The van der Waals surface area contributed by atoms with Crippen molar-refractivity contribution in [3.63, 3.8) is 0 Å².